The van der Waals surface area contributed by atoms with E-state index in [4.69, 9.17) is 4.74 Å². The normalized spacial score (nSPS) is 54.9. The first-order valence-corrected chi connectivity index (χ1v) is 11.1. The van der Waals surface area contributed by atoms with Crippen molar-refractivity contribution in [3.05, 3.63) is 0 Å². The summed E-state index contributed by atoms with van der Waals surface area (Å²) in [6, 6.07) is 0. The van der Waals surface area contributed by atoms with Gasteiger partial charge in [-0.1, -0.05) is 13.8 Å². The molecule has 2 N–H and O–H groups in total. The Kier molecular flexibility index (Phi) is 4.77. The molecule has 4 aliphatic carbocycles. The molecule has 4 aliphatic rings. The molecule has 0 saturated heterocycles. The third-order valence-corrected chi connectivity index (χ3v) is 9.89. The average Bonchev–Trinajstić information content (AvgIpc) is 2.93. The predicted molar refractivity (Wildman–Crippen MR) is 104 cm³/mol. The lowest BCUT2D eigenvalue weighted by molar-refractivity contribution is -0.164. The number of fused-ring (bicyclic) bond motifs is 5. The van der Waals surface area contributed by atoms with Crippen molar-refractivity contribution in [3.63, 3.8) is 0 Å². The molecule has 0 spiro atoms. The maximum absolute atomic E-state index is 11.0. The fraction of sp³-hybridized carbons (Fsp3) is 1.00. The lowest BCUT2D eigenvalue weighted by Crippen LogP contribution is -2.57. The smallest absolute Gasteiger partial charge is 0.0883 e. The van der Waals surface area contributed by atoms with Gasteiger partial charge in [0.25, 0.3) is 0 Å². The molecular formula is C23H40O3. The highest BCUT2D eigenvalue weighted by Gasteiger charge is 2.61. The SMILES string of the molecule is COC[C@@]1(O)CC[C@@]2(C)[C@@H](CC[C@@H]3[C@@H]2CC[C@]2(C)[C@@H](C(C)O)CC[C@@H]32)C1. The summed E-state index contributed by atoms with van der Waals surface area (Å²) >= 11 is 0. The van der Waals surface area contributed by atoms with Crippen LogP contribution in [0.25, 0.3) is 0 Å². The molecule has 0 heterocycles. The molecule has 4 saturated carbocycles. The van der Waals surface area contributed by atoms with E-state index in [1.165, 1.54) is 38.5 Å². The fourth-order valence-electron chi connectivity index (χ4n) is 8.56. The quantitative estimate of drug-likeness (QED) is 0.780. The van der Waals surface area contributed by atoms with Crippen LogP contribution in [0.1, 0.15) is 78.6 Å². The van der Waals surface area contributed by atoms with Gasteiger partial charge in [-0.2, -0.15) is 0 Å². The maximum Gasteiger partial charge on any atom is 0.0883 e. The Hall–Kier alpha value is -0.120. The second-order valence-electron chi connectivity index (χ2n) is 11.0. The molecule has 0 aromatic carbocycles. The van der Waals surface area contributed by atoms with E-state index < -0.39 is 5.60 Å². The van der Waals surface area contributed by atoms with Crippen molar-refractivity contribution in [1.82, 2.24) is 0 Å². The van der Waals surface area contributed by atoms with Crippen molar-refractivity contribution in [2.45, 2.75) is 90.3 Å². The molecule has 0 aromatic heterocycles. The first kappa shape index (κ1) is 19.2. The number of aliphatic hydroxyl groups excluding tert-OH is 1. The minimum absolute atomic E-state index is 0.160. The molecule has 1 unspecified atom stereocenters. The highest BCUT2D eigenvalue weighted by atomic mass is 16.5. The van der Waals surface area contributed by atoms with Gasteiger partial charge in [-0.05, 0) is 105 Å². The van der Waals surface area contributed by atoms with E-state index in [2.05, 4.69) is 13.8 Å². The van der Waals surface area contributed by atoms with Gasteiger partial charge in [0.15, 0.2) is 0 Å². The Labute approximate surface area is 159 Å². The molecule has 0 bridgehead atoms. The first-order chi connectivity index (χ1) is 12.2. The summed E-state index contributed by atoms with van der Waals surface area (Å²) in [4.78, 5) is 0. The van der Waals surface area contributed by atoms with Gasteiger partial charge in [0, 0.05) is 7.11 Å². The molecule has 4 fully saturated rings. The van der Waals surface area contributed by atoms with Crippen LogP contribution in [0.15, 0.2) is 0 Å². The van der Waals surface area contributed by atoms with Crippen LogP contribution in [-0.4, -0.2) is 35.6 Å². The van der Waals surface area contributed by atoms with Gasteiger partial charge in [0.05, 0.1) is 18.3 Å². The number of rotatable bonds is 3. The van der Waals surface area contributed by atoms with Crippen LogP contribution in [0, 0.1) is 40.4 Å². The maximum atomic E-state index is 11.0. The van der Waals surface area contributed by atoms with Crippen molar-refractivity contribution in [3.8, 4) is 0 Å². The van der Waals surface area contributed by atoms with E-state index in [0.717, 1.165) is 37.0 Å². The van der Waals surface area contributed by atoms with E-state index >= 15 is 0 Å². The van der Waals surface area contributed by atoms with Crippen molar-refractivity contribution < 1.29 is 14.9 Å². The van der Waals surface area contributed by atoms with Gasteiger partial charge >= 0.3 is 0 Å². The number of ether oxygens (including phenoxy) is 1. The highest BCUT2D eigenvalue weighted by molar-refractivity contribution is 5.11. The van der Waals surface area contributed by atoms with Crippen LogP contribution in [0.5, 0.6) is 0 Å². The minimum atomic E-state index is -0.598. The molecule has 3 nitrogen and oxygen atoms in total. The Balaban J connectivity index is 1.56. The zero-order chi connectivity index (χ0) is 18.7. The summed E-state index contributed by atoms with van der Waals surface area (Å²) in [7, 11) is 1.71. The number of hydrogen-bond acceptors (Lipinski definition) is 3. The summed E-state index contributed by atoms with van der Waals surface area (Å²) in [5, 5.41) is 21.3. The largest absolute Gasteiger partial charge is 0.393 e. The van der Waals surface area contributed by atoms with Gasteiger partial charge in [-0.25, -0.2) is 0 Å². The lowest BCUT2D eigenvalue weighted by atomic mass is 9.44. The van der Waals surface area contributed by atoms with Crippen molar-refractivity contribution in [2.24, 2.45) is 40.4 Å². The average molecular weight is 365 g/mol. The second kappa shape index (κ2) is 6.46. The molecule has 150 valence electrons. The Bertz CT molecular complexity index is 534. The standard InChI is InChI=1S/C23H40O3/c1-15(24)18-7-8-19-17-6-5-16-13-23(25,14-26-4)12-11-21(16,2)20(17)9-10-22(18,19)3/h15-20,24-25H,5-14H2,1-4H3/t15?,16-,17-,18+,19-,20-,21-,22+,23+/m0/s1. The fourth-order valence-corrected chi connectivity index (χ4v) is 8.56. The topological polar surface area (TPSA) is 49.7 Å². The molecule has 0 aromatic rings. The van der Waals surface area contributed by atoms with Crippen LogP contribution in [0.4, 0.5) is 0 Å². The van der Waals surface area contributed by atoms with Crippen LogP contribution in [0.3, 0.4) is 0 Å². The van der Waals surface area contributed by atoms with Crippen molar-refractivity contribution in [2.75, 3.05) is 13.7 Å². The van der Waals surface area contributed by atoms with E-state index in [9.17, 15) is 10.2 Å². The van der Waals surface area contributed by atoms with Gasteiger partial charge < -0.3 is 14.9 Å². The Morgan fingerprint density at radius 2 is 1.69 bits per heavy atom. The number of aliphatic hydroxyl groups is 2. The molecule has 26 heavy (non-hydrogen) atoms. The second-order valence-corrected chi connectivity index (χ2v) is 11.0. The summed E-state index contributed by atoms with van der Waals surface area (Å²) in [6.45, 7) is 7.54. The molecular weight excluding hydrogens is 324 g/mol. The van der Waals surface area contributed by atoms with Crippen LogP contribution < -0.4 is 0 Å². The van der Waals surface area contributed by atoms with Crippen molar-refractivity contribution in [1.29, 1.82) is 0 Å². The molecule has 4 rings (SSSR count). The summed E-state index contributed by atoms with van der Waals surface area (Å²) in [5.41, 5.74) is 0.150. The molecule has 9 atom stereocenters. The van der Waals surface area contributed by atoms with Gasteiger partial charge in [0.2, 0.25) is 0 Å². The number of hydrogen-bond donors (Lipinski definition) is 2. The van der Waals surface area contributed by atoms with E-state index in [-0.39, 0.29) is 6.10 Å². The monoisotopic (exact) mass is 364 g/mol. The molecule has 3 heteroatoms. The Morgan fingerprint density at radius 3 is 2.38 bits per heavy atom. The molecule has 0 radical (unpaired) electrons. The predicted octanol–water partition coefficient (Wildman–Crippen LogP) is 4.40. The van der Waals surface area contributed by atoms with Crippen LogP contribution in [0.2, 0.25) is 0 Å². The van der Waals surface area contributed by atoms with E-state index in [1.54, 1.807) is 7.11 Å². The van der Waals surface area contributed by atoms with Crippen LogP contribution in [-0.2, 0) is 4.74 Å². The Morgan fingerprint density at radius 1 is 0.962 bits per heavy atom. The third kappa shape index (κ3) is 2.71. The van der Waals surface area contributed by atoms with E-state index in [0.29, 0.717) is 29.3 Å². The summed E-state index contributed by atoms with van der Waals surface area (Å²) in [6.07, 6.45) is 10.6. The van der Waals surface area contributed by atoms with Crippen molar-refractivity contribution >= 4 is 0 Å². The van der Waals surface area contributed by atoms with Crippen LogP contribution >= 0.6 is 0 Å². The molecule has 0 aliphatic heterocycles. The number of methoxy groups -OCH3 is 1. The van der Waals surface area contributed by atoms with E-state index in [1.807, 2.05) is 6.92 Å². The first-order valence-electron chi connectivity index (χ1n) is 11.1. The minimum Gasteiger partial charge on any atom is -0.393 e. The third-order valence-electron chi connectivity index (χ3n) is 9.89. The zero-order valence-electron chi connectivity index (χ0n) is 17.3. The van der Waals surface area contributed by atoms with Gasteiger partial charge in [-0.3, -0.25) is 0 Å². The summed E-state index contributed by atoms with van der Waals surface area (Å²) in [5.74, 6) is 3.61. The van der Waals surface area contributed by atoms with Gasteiger partial charge in [0.1, 0.15) is 0 Å². The summed E-state index contributed by atoms with van der Waals surface area (Å²) < 4.78 is 5.33. The highest BCUT2D eigenvalue weighted by Crippen LogP contribution is 2.68. The zero-order valence-corrected chi connectivity index (χ0v) is 17.3. The molecule has 0 amide bonds. The lowest BCUT2D eigenvalue weighted by Gasteiger charge is -2.62. The van der Waals surface area contributed by atoms with Gasteiger partial charge in [-0.15, -0.1) is 0 Å².